The molecule has 0 aliphatic rings. The van der Waals surface area contributed by atoms with Crippen molar-refractivity contribution in [1.29, 1.82) is 0 Å². The van der Waals surface area contributed by atoms with Crippen LogP contribution in [-0.4, -0.2) is 16.3 Å². The molecule has 2 aromatic rings. The van der Waals surface area contributed by atoms with Crippen LogP contribution in [0.25, 0.3) is 10.9 Å². The van der Waals surface area contributed by atoms with Crippen molar-refractivity contribution < 1.29 is 0 Å². The number of para-hydroxylation sites is 1. The number of benzene rings is 1. The molecule has 0 unspecified atom stereocenters. The molecule has 0 saturated heterocycles. The molecule has 1 heterocycles. The van der Waals surface area contributed by atoms with E-state index in [9.17, 15) is 0 Å². The lowest BCUT2D eigenvalue weighted by Crippen LogP contribution is -2.15. The fourth-order valence-electron chi connectivity index (χ4n) is 1.88. The van der Waals surface area contributed by atoms with Gasteiger partial charge in [-0.05, 0) is 13.0 Å². The van der Waals surface area contributed by atoms with Gasteiger partial charge in [-0.3, -0.25) is 4.68 Å². The van der Waals surface area contributed by atoms with E-state index in [-0.39, 0.29) is 0 Å². The highest BCUT2D eigenvalue weighted by molar-refractivity contribution is 6.29. The molecule has 0 radical (unpaired) electrons. The van der Waals surface area contributed by atoms with E-state index in [1.165, 1.54) is 10.9 Å². The minimum Gasteiger partial charge on any atom is -0.306 e. The molecule has 0 aliphatic carbocycles. The van der Waals surface area contributed by atoms with Crippen LogP contribution in [0.5, 0.6) is 0 Å². The molecule has 0 fully saturated rings. The SMILES string of the molecule is C=C(Cl)CNCc1nn(CC)c2ccccc12. The lowest BCUT2D eigenvalue weighted by atomic mass is 10.2. The van der Waals surface area contributed by atoms with Gasteiger partial charge < -0.3 is 5.32 Å². The van der Waals surface area contributed by atoms with Crippen molar-refractivity contribution in [2.45, 2.75) is 20.0 Å². The molecule has 0 spiro atoms. The number of halogens is 1. The first kappa shape index (κ1) is 12.1. The van der Waals surface area contributed by atoms with E-state index >= 15 is 0 Å². The number of rotatable bonds is 5. The number of nitrogens with one attached hydrogen (secondary N) is 1. The standard InChI is InChI=1S/C13H16ClN3/c1-3-17-13-7-5-4-6-11(13)12(16-17)9-15-8-10(2)14/h4-7,15H,2-3,8-9H2,1H3. The third-order valence-corrected chi connectivity index (χ3v) is 2.78. The predicted molar refractivity (Wildman–Crippen MR) is 72.1 cm³/mol. The van der Waals surface area contributed by atoms with Crippen LogP contribution in [0.15, 0.2) is 35.9 Å². The lowest BCUT2D eigenvalue weighted by molar-refractivity contribution is 0.648. The smallest absolute Gasteiger partial charge is 0.0841 e. The second kappa shape index (κ2) is 5.34. The Labute approximate surface area is 106 Å². The van der Waals surface area contributed by atoms with Crippen molar-refractivity contribution in [3.05, 3.63) is 41.6 Å². The van der Waals surface area contributed by atoms with Crippen molar-refractivity contribution in [2.75, 3.05) is 6.54 Å². The molecule has 0 saturated carbocycles. The van der Waals surface area contributed by atoms with Gasteiger partial charge in [-0.15, -0.1) is 0 Å². The fourth-order valence-corrected chi connectivity index (χ4v) is 1.98. The normalized spacial score (nSPS) is 10.9. The monoisotopic (exact) mass is 249 g/mol. The first-order chi connectivity index (χ1) is 8.22. The molecule has 3 nitrogen and oxygen atoms in total. The van der Waals surface area contributed by atoms with Gasteiger partial charge in [0.25, 0.3) is 0 Å². The third-order valence-electron chi connectivity index (χ3n) is 2.64. The van der Waals surface area contributed by atoms with E-state index in [0.717, 1.165) is 12.2 Å². The highest BCUT2D eigenvalue weighted by atomic mass is 35.5. The molecule has 90 valence electrons. The highest BCUT2D eigenvalue weighted by Crippen LogP contribution is 2.18. The fraction of sp³-hybridized carbons (Fsp3) is 0.308. The van der Waals surface area contributed by atoms with Crippen LogP contribution in [0.4, 0.5) is 0 Å². The number of fused-ring (bicyclic) bond motifs is 1. The van der Waals surface area contributed by atoms with Gasteiger partial charge in [-0.25, -0.2) is 0 Å². The van der Waals surface area contributed by atoms with Gasteiger partial charge in [0.05, 0.1) is 11.2 Å². The van der Waals surface area contributed by atoms with E-state index in [1.54, 1.807) is 0 Å². The van der Waals surface area contributed by atoms with Crippen LogP contribution in [0, 0.1) is 0 Å². The average Bonchev–Trinajstić information content (AvgIpc) is 2.68. The third kappa shape index (κ3) is 2.68. The Morgan fingerprint density at radius 2 is 2.24 bits per heavy atom. The highest BCUT2D eigenvalue weighted by Gasteiger charge is 2.08. The van der Waals surface area contributed by atoms with Crippen LogP contribution in [0.2, 0.25) is 0 Å². The summed E-state index contributed by atoms with van der Waals surface area (Å²) in [4.78, 5) is 0. The first-order valence-corrected chi connectivity index (χ1v) is 6.08. The number of aromatic nitrogens is 2. The van der Waals surface area contributed by atoms with E-state index < -0.39 is 0 Å². The summed E-state index contributed by atoms with van der Waals surface area (Å²) in [6.45, 7) is 7.93. The summed E-state index contributed by atoms with van der Waals surface area (Å²) in [5, 5.41) is 9.62. The van der Waals surface area contributed by atoms with Crippen molar-refractivity contribution in [3.63, 3.8) is 0 Å². The van der Waals surface area contributed by atoms with Gasteiger partial charge >= 0.3 is 0 Å². The van der Waals surface area contributed by atoms with E-state index in [1.807, 2.05) is 16.8 Å². The van der Waals surface area contributed by atoms with Gasteiger partial charge in [-0.2, -0.15) is 5.10 Å². The van der Waals surface area contributed by atoms with E-state index in [4.69, 9.17) is 11.6 Å². The predicted octanol–water partition coefficient (Wildman–Crippen LogP) is 2.90. The molecule has 4 heteroatoms. The summed E-state index contributed by atoms with van der Waals surface area (Å²) >= 11 is 5.71. The summed E-state index contributed by atoms with van der Waals surface area (Å²) in [6, 6.07) is 8.26. The van der Waals surface area contributed by atoms with E-state index in [0.29, 0.717) is 18.1 Å². The van der Waals surface area contributed by atoms with Gasteiger partial charge in [0.15, 0.2) is 0 Å². The van der Waals surface area contributed by atoms with Crippen molar-refractivity contribution in [2.24, 2.45) is 0 Å². The number of hydrogen-bond donors (Lipinski definition) is 1. The summed E-state index contributed by atoms with van der Waals surface area (Å²) in [6.07, 6.45) is 0. The Hall–Kier alpha value is -1.32. The van der Waals surface area contributed by atoms with Gasteiger partial charge in [0, 0.05) is 30.1 Å². The van der Waals surface area contributed by atoms with Crippen LogP contribution in [0.3, 0.4) is 0 Å². The zero-order valence-electron chi connectivity index (χ0n) is 9.91. The number of nitrogens with zero attached hydrogens (tertiary/aromatic N) is 2. The summed E-state index contributed by atoms with van der Waals surface area (Å²) < 4.78 is 2.02. The molecule has 1 aromatic heterocycles. The maximum atomic E-state index is 5.71. The zero-order chi connectivity index (χ0) is 12.3. The minimum atomic E-state index is 0.606. The van der Waals surface area contributed by atoms with Gasteiger partial charge in [0.1, 0.15) is 0 Å². The van der Waals surface area contributed by atoms with Crippen LogP contribution in [-0.2, 0) is 13.1 Å². The number of hydrogen-bond acceptors (Lipinski definition) is 2. The maximum Gasteiger partial charge on any atom is 0.0841 e. The molecule has 0 bridgehead atoms. The van der Waals surface area contributed by atoms with Crippen molar-refractivity contribution >= 4 is 22.5 Å². The van der Waals surface area contributed by atoms with E-state index in [2.05, 4.69) is 36.1 Å². The molecule has 0 amide bonds. The topological polar surface area (TPSA) is 29.9 Å². The minimum absolute atomic E-state index is 0.606. The lowest BCUT2D eigenvalue weighted by Gasteiger charge is -2.00. The molecular weight excluding hydrogens is 234 g/mol. The van der Waals surface area contributed by atoms with Gasteiger partial charge in [-0.1, -0.05) is 36.4 Å². The Kier molecular flexibility index (Phi) is 3.82. The quantitative estimate of drug-likeness (QED) is 0.883. The largest absolute Gasteiger partial charge is 0.306 e. The maximum absolute atomic E-state index is 5.71. The molecular formula is C13H16ClN3. The second-order valence-electron chi connectivity index (χ2n) is 3.90. The first-order valence-electron chi connectivity index (χ1n) is 5.70. The molecule has 1 aromatic carbocycles. The second-order valence-corrected chi connectivity index (χ2v) is 4.43. The summed E-state index contributed by atoms with van der Waals surface area (Å²) in [7, 11) is 0. The Balaban J connectivity index is 2.24. The Morgan fingerprint density at radius 1 is 1.47 bits per heavy atom. The number of aryl methyl sites for hydroxylation is 1. The average molecular weight is 250 g/mol. The molecule has 2 rings (SSSR count). The van der Waals surface area contributed by atoms with Crippen LogP contribution < -0.4 is 5.32 Å². The summed E-state index contributed by atoms with van der Waals surface area (Å²) in [5.74, 6) is 0. The summed E-state index contributed by atoms with van der Waals surface area (Å²) in [5.41, 5.74) is 2.23. The van der Waals surface area contributed by atoms with Crippen molar-refractivity contribution in [3.8, 4) is 0 Å². The Morgan fingerprint density at radius 3 is 2.94 bits per heavy atom. The van der Waals surface area contributed by atoms with Crippen molar-refractivity contribution in [1.82, 2.24) is 15.1 Å². The van der Waals surface area contributed by atoms with Gasteiger partial charge in [0.2, 0.25) is 0 Å². The molecule has 1 N–H and O–H groups in total. The van der Waals surface area contributed by atoms with Crippen LogP contribution in [0.1, 0.15) is 12.6 Å². The zero-order valence-corrected chi connectivity index (χ0v) is 10.7. The Bertz CT molecular complexity index is 530. The van der Waals surface area contributed by atoms with Crippen LogP contribution >= 0.6 is 11.6 Å². The molecule has 0 aliphatic heterocycles. The molecule has 17 heavy (non-hydrogen) atoms. The molecule has 0 atom stereocenters.